The molecule has 2 N–H and O–H groups in total. The van der Waals surface area contributed by atoms with Crippen molar-refractivity contribution in [2.45, 2.75) is 32.9 Å². The molecule has 15 heavy (non-hydrogen) atoms. The van der Waals surface area contributed by atoms with Crippen molar-refractivity contribution in [1.82, 2.24) is 9.78 Å². The third kappa shape index (κ3) is 3.71. The predicted molar refractivity (Wildman–Crippen MR) is 56.1 cm³/mol. The number of aryl methyl sites for hydroxylation is 1. The van der Waals surface area contributed by atoms with Gasteiger partial charge < -0.3 is 10.5 Å². The number of rotatable bonds is 5. The molecule has 1 rings (SSSR count). The monoisotopic (exact) mass is 211 g/mol. The van der Waals surface area contributed by atoms with Gasteiger partial charge in [-0.05, 0) is 13.8 Å². The van der Waals surface area contributed by atoms with Gasteiger partial charge in [-0.2, -0.15) is 5.10 Å². The Kier molecular flexibility index (Phi) is 4.30. The number of nitrogens with zero attached hydrogens (tertiary/aromatic N) is 2. The molecule has 0 saturated carbocycles. The Hall–Kier alpha value is -1.36. The maximum absolute atomic E-state index is 11.1. The number of hydrogen-bond donors (Lipinski definition) is 1. The first-order valence-corrected chi connectivity index (χ1v) is 5.07. The molecule has 1 aromatic heterocycles. The van der Waals surface area contributed by atoms with Crippen LogP contribution in [0, 0.1) is 0 Å². The van der Waals surface area contributed by atoms with Crippen molar-refractivity contribution in [1.29, 1.82) is 0 Å². The number of carbonyl (C=O) groups excluding carboxylic acids is 1. The molecule has 5 nitrogen and oxygen atoms in total. The molecular formula is C10H17N3O2. The van der Waals surface area contributed by atoms with Crippen molar-refractivity contribution in [2.75, 3.05) is 6.61 Å². The van der Waals surface area contributed by atoms with Gasteiger partial charge in [0.1, 0.15) is 0 Å². The van der Waals surface area contributed by atoms with Crippen molar-refractivity contribution in [2.24, 2.45) is 5.73 Å². The molecule has 0 aliphatic carbocycles. The molecule has 0 fully saturated rings. The Morgan fingerprint density at radius 1 is 1.73 bits per heavy atom. The topological polar surface area (TPSA) is 70.1 Å². The normalized spacial score (nSPS) is 12.5. The molecule has 0 spiro atoms. The lowest BCUT2D eigenvalue weighted by Gasteiger charge is -2.02. The largest absolute Gasteiger partial charge is 0.466 e. The molecule has 0 unspecified atom stereocenters. The van der Waals surface area contributed by atoms with Crippen molar-refractivity contribution < 1.29 is 9.53 Å². The summed E-state index contributed by atoms with van der Waals surface area (Å²) in [6, 6.07) is -0.0265. The number of carbonyl (C=O) groups is 1. The van der Waals surface area contributed by atoms with Crippen molar-refractivity contribution in [3.8, 4) is 0 Å². The molecule has 1 atom stereocenters. The third-order valence-corrected chi connectivity index (χ3v) is 2.03. The van der Waals surface area contributed by atoms with Gasteiger partial charge in [0.2, 0.25) is 0 Å². The van der Waals surface area contributed by atoms with Crippen LogP contribution in [0.25, 0.3) is 0 Å². The van der Waals surface area contributed by atoms with Gasteiger partial charge in [0, 0.05) is 17.8 Å². The second-order valence-corrected chi connectivity index (χ2v) is 3.38. The smallest absolute Gasteiger partial charge is 0.307 e. The second-order valence-electron chi connectivity index (χ2n) is 3.38. The molecule has 0 amide bonds. The first-order valence-electron chi connectivity index (χ1n) is 5.07. The molecule has 5 heteroatoms. The van der Waals surface area contributed by atoms with Gasteiger partial charge in [-0.1, -0.05) is 0 Å². The molecule has 84 valence electrons. The lowest BCUT2D eigenvalue weighted by molar-refractivity contribution is -0.143. The number of hydrogen-bond acceptors (Lipinski definition) is 4. The van der Waals surface area contributed by atoms with Crippen molar-refractivity contribution in [3.05, 3.63) is 18.0 Å². The van der Waals surface area contributed by atoms with Crippen LogP contribution in [0.1, 0.15) is 31.9 Å². The summed E-state index contributed by atoms with van der Waals surface area (Å²) in [6.45, 7) is 4.64. The predicted octanol–water partition coefficient (Wildman–Crippen LogP) is 0.856. The molecular weight excluding hydrogens is 194 g/mol. The zero-order chi connectivity index (χ0) is 11.3. The Balaban J connectivity index is 2.41. The van der Waals surface area contributed by atoms with Crippen LogP contribution >= 0.6 is 0 Å². The van der Waals surface area contributed by atoms with E-state index in [1.807, 2.05) is 13.1 Å². The van der Waals surface area contributed by atoms with E-state index < -0.39 is 0 Å². The van der Waals surface area contributed by atoms with Crippen LogP contribution in [-0.2, 0) is 16.1 Å². The quantitative estimate of drug-likeness (QED) is 0.733. The standard InChI is InChI=1S/C10H17N3O2/c1-3-15-10(14)4-5-13-7-9(6-12-13)8(2)11/h6-8H,3-5,11H2,1-2H3/t8-/m1/s1. The van der Waals surface area contributed by atoms with E-state index in [4.69, 9.17) is 10.5 Å². The van der Waals surface area contributed by atoms with Gasteiger partial charge in [-0.15, -0.1) is 0 Å². The fourth-order valence-corrected chi connectivity index (χ4v) is 1.18. The molecule has 1 heterocycles. The van der Waals surface area contributed by atoms with Crippen molar-refractivity contribution >= 4 is 5.97 Å². The zero-order valence-corrected chi connectivity index (χ0v) is 9.14. The first-order chi connectivity index (χ1) is 7.13. The Labute approximate surface area is 89.2 Å². The number of ether oxygens (including phenoxy) is 1. The van der Waals surface area contributed by atoms with Crippen LogP contribution < -0.4 is 5.73 Å². The van der Waals surface area contributed by atoms with E-state index in [1.165, 1.54) is 0 Å². The highest BCUT2D eigenvalue weighted by molar-refractivity contribution is 5.69. The van der Waals surface area contributed by atoms with Crippen LogP contribution in [0.4, 0.5) is 0 Å². The van der Waals surface area contributed by atoms with E-state index in [0.717, 1.165) is 5.56 Å². The minimum Gasteiger partial charge on any atom is -0.466 e. The van der Waals surface area contributed by atoms with Crippen molar-refractivity contribution in [3.63, 3.8) is 0 Å². The summed E-state index contributed by atoms with van der Waals surface area (Å²) in [7, 11) is 0. The number of esters is 1. The zero-order valence-electron chi connectivity index (χ0n) is 9.14. The van der Waals surface area contributed by atoms with Crippen LogP contribution in [0.15, 0.2) is 12.4 Å². The molecule has 0 aromatic carbocycles. The summed E-state index contributed by atoms with van der Waals surface area (Å²) in [5.74, 6) is -0.199. The van der Waals surface area contributed by atoms with Gasteiger partial charge in [0.25, 0.3) is 0 Å². The summed E-state index contributed by atoms with van der Waals surface area (Å²) in [4.78, 5) is 11.1. The summed E-state index contributed by atoms with van der Waals surface area (Å²) in [5.41, 5.74) is 6.66. The highest BCUT2D eigenvalue weighted by Gasteiger charge is 2.05. The van der Waals surface area contributed by atoms with Gasteiger partial charge >= 0.3 is 5.97 Å². The lowest BCUT2D eigenvalue weighted by atomic mass is 10.2. The van der Waals surface area contributed by atoms with Crippen LogP contribution in [0.5, 0.6) is 0 Å². The maximum atomic E-state index is 11.1. The summed E-state index contributed by atoms with van der Waals surface area (Å²) in [5, 5.41) is 4.10. The molecule has 1 aromatic rings. The molecule has 0 radical (unpaired) electrons. The first kappa shape index (κ1) is 11.7. The highest BCUT2D eigenvalue weighted by Crippen LogP contribution is 2.07. The highest BCUT2D eigenvalue weighted by atomic mass is 16.5. The second kappa shape index (κ2) is 5.50. The van der Waals surface area contributed by atoms with Gasteiger partial charge in [0.15, 0.2) is 0 Å². The fourth-order valence-electron chi connectivity index (χ4n) is 1.18. The van der Waals surface area contributed by atoms with E-state index in [1.54, 1.807) is 17.8 Å². The Morgan fingerprint density at radius 2 is 2.47 bits per heavy atom. The maximum Gasteiger partial charge on any atom is 0.307 e. The summed E-state index contributed by atoms with van der Waals surface area (Å²) < 4.78 is 6.52. The Bertz CT molecular complexity index is 320. The third-order valence-electron chi connectivity index (χ3n) is 2.03. The van der Waals surface area contributed by atoms with E-state index in [2.05, 4.69) is 5.10 Å². The van der Waals surface area contributed by atoms with Crippen LogP contribution in [0.3, 0.4) is 0 Å². The van der Waals surface area contributed by atoms with Crippen LogP contribution in [0.2, 0.25) is 0 Å². The Morgan fingerprint density at radius 3 is 3.00 bits per heavy atom. The average Bonchev–Trinajstić information content (AvgIpc) is 2.63. The molecule has 0 aliphatic heterocycles. The minimum atomic E-state index is -0.199. The molecule has 0 aliphatic rings. The lowest BCUT2D eigenvalue weighted by Crippen LogP contribution is -2.09. The summed E-state index contributed by atoms with van der Waals surface area (Å²) in [6.07, 6.45) is 3.91. The average molecular weight is 211 g/mol. The van der Waals surface area contributed by atoms with E-state index in [9.17, 15) is 4.79 Å². The van der Waals surface area contributed by atoms with Gasteiger partial charge in [-0.25, -0.2) is 0 Å². The molecule has 0 bridgehead atoms. The van der Waals surface area contributed by atoms with Gasteiger partial charge in [0.05, 0.1) is 25.8 Å². The summed E-state index contributed by atoms with van der Waals surface area (Å²) >= 11 is 0. The number of nitrogens with two attached hydrogens (primary N) is 1. The van der Waals surface area contributed by atoms with E-state index >= 15 is 0 Å². The van der Waals surface area contributed by atoms with Gasteiger partial charge in [-0.3, -0.25) is 9.48 Å². The fraction of sp³-hybridized carbons (Fsp3) is 0.600. The van der Waals surface area contributed by atoms with Crippen LogP contribution in [-0.4, -0.2) is 22.4 Å². The molecule has 0 saturated heterocycles. The minimum absolute atomic E-state index is 0.0265. The number of aromatic nitrogens is 2. The van der Waals surface area contributed by atoms with E-state index in [-0.39, 0.29) is 12.0 Å². The van der Waals surface area contributed by atoms with E-state index in [0.29, 0.717) is 19.6 Å². The SMILES string of the molecule is CCOC(=O)CCn1cc([C@@H](C)N)cn1.